The van der Waals surface area contributed by atoms with E-state index in [9.17, 15) is 4.57 Å². The lowest BCUT2D eigenvalue weighted by Crippen LogP contribution is -2.34. The van der Waals surface area contributed by atoms with Crippen molar-refractivity contribution in [2.24, 2.45) is 4.99 Å². The molecule has 0 radical (unpaired) electrons. The maximum absolute atomic E-state index is 13.8. The summed E-state index contributed by atoms with van der Waals surface area (Å²) in [5.41, 5.74) is 1.32. The van der Waals surface area contributed by atoms with E-state index in [2.05, 4.69) is 0 Å². The molecule has 0 saturated heterocycles. The third-order valence-corrected chi connectivity index (χ3v) is 6.98. The van der Waals surface area contributed by atoms with Crippen molar-refractivity contribution in [3.05, 3.63) is 71.8 Å². The summed E-state index contributed by atoms with van der Waals surface area (Å²) < 4.78 is 31.0. The third kappa shape index (κ3) is 5.39. The van der Waals surface area contributed by atoms with E-state index in [1.807, 2.05) is 81.4 Å². The first kappa shape index (κ1) is 22.5. The minimum absolute atomic E-state index is 0.0313. The van der Waals surface area contributed by atoms with Gasteiger partial charge < -0.3 is 14.0 Å². The lowest BCUT2D eigenvalue weighted by molar-refractivity contribution is -0.167. The molecular weight excluding hydrogens is 373 g/mol. The van der Waals surface area contributed by atoms with Gasteiger partial charge in [-0.2, -0.15) is 0 Å². The van der Waals surface area contributed by atoms with E-state index >= 15 is 0 Å². The number of aliphatic imine (C=N–C) groups is 1. The molecule has 0 bridgehead atoms. The normalized spacial score (nSPS) is 13.7. The van der Waals surface area contributed by atoms with E-state index in [0.29, 0.717) is 13.2 Å². The summed E-state index contributed by atoms with van der Waals surface area (Å²) in [4.78, 5) is 4.75. The van der Waals surface area contributed by atoms with Gasteiger partial charge in [-0.05, 0) is 27.7 Å². The zero-order valence-electron chi connectivity index (χ0n) is 17.1. The summed E-state index contributed by atoms with van der Waals surface area (Å²) in [7, 11) is -3.40. The van der Waals surface area contributed by atoms with E-state index < -0.39 is 12.9 Å². The molecule has 1 unspecified atom stereocenters. The van der Waals surface area contributed by atoms with Crippen molar-refractivity contribution in [3.8, 4) is 0 Å². The van der Waals surface area contributed by atoms with Crippen LogP contribution in [-0.4, -0.2) is 37.3 Å². The predicted octanol–water partition coefficient (Wildman–Crippen LogP) is 5.54. The molecule has 6 heteroatoms. The first-order valence-electron chi connectivity index (χ1n) is 9.66. The monoisotopic (exact) mass is 403 g/mol. The van der Waals surface area contributed by atoms with Crippen molar-refractivity contribution in [1.29, 1.82) is 0 Å². The van der Waals surface area contributed by atoms with Crippen LogP contribution in [0.5, 0.6) is 0 Å². The number of ether oxygens (including phenoxy) is 2. The molecule has 0 N–H and O–H groups in total. The lowest BCUT2D eigenvalue weighted by atomic mass is 10.0. The van der Waals surface area contributed by atoms with Crippen LogP contribution in [0.3, 0.4) is 0 Å². The summed E-state index contributed by atoms with van der Waals surface area (Å²) in [5.74, 6) is 0. The Labute approximate surface area is 168 Å². The predicted molar refractivity (Wildman–Crippen MR) is 114 cm³/mol. The molecule has 5 nitrogen and oxygen atoms in total. The van der Waals surface area contributed by atoms with Gasteiger partial charge in [0.2, 0.25) is 5.53 Å². The first-order chi connectivity index (χ1) is 13.5. The molecule has 0 fully saturated rings. The van der Waals surface area contributed by atoms with Gasteiger partial charge >= 0.3 is 0 Å². The minimum Gasteiger partial charge on any atom is -0.342 e. The Hall–Kier alpha value is -1.78. The molecule has 0 heterocycles. The highest BCUT2D eigenvalue weighted by atomic mass is 31.2. The van der Waals surface area contributed by atoms with Gasteiger partial charge in [0.1, 0.15) is 6.29 Å². The van der Waals surface area contributed by atoms with Crippen LogP contribution in [0, 0.1) is 0 Å². The fourth-order valence-electron chi connectivity index (χ4n) is 2.97. The molecule has 2 aromatic carbocycles. The Kier molecular flexibility index (Phi) is 8.58. The van der Waals surface area contributed by atoms with E-state index in [4.69, 9.17) is 19.0 Å². The van der Waals surface area contributed by atoms with Gasteiger partial charge in [-0.25, -0.2) is 0 Å². The van der Waals surface area contributed by atoms with Gasteiger partial charge in [0.15, 0.2) is 0 Å². The topological polar surface area (TPSA) is 57.1 Å². The molecule has 1 atom stereocenters. The molecule has 0 aromatic heterocycles. The molecule has 0 spiro atoms. The van der Waals surface area contributed by atoms with Gasteiger partial charge in [-0.3, -0.25) is 9.56 Å². The van der Waals surface area contributed by atoms with Gasteiger partial charge in [-0.15, -0.1) is 0 Å². The van der Waals surface area contributed by atoms with E-state index in [1.165, 1.54) is 0 Å². The number of nitrogens with zero attached hydrogens (tertiary/aromatic N) is 1. The van der Waals surface area contributed by atoms with E-state index in [1.54, 1.807) is 6.92 Å². The summed E-state index contributed by atoms with van der Waals surface area (Å²) in [5, 5.41) is 0. The fraction of sp³-hybridized carbons (Fsp3) is 0.409. The Morgan fingerprint density at radius 2 is 1.32 bits per heavy atom. The smallest absolute Gasteiger partial charge is 0.281 e. The van der Waals surface area contributed by atoms with E-state index in [-0.39, 0.29) is 12.9 Å². The Bertz CT molecular complexity index is 745. The molecule has 0 saturated carbocycles. The fourth-order valence-corrected chi connectivity index (χ4v) is 4.94. The summed E-state index contributed by atoms with van der Waals surface area (Å²) in [6, 6.07) is 19.7. The largest absolute Gasteiger partial charge is 0.342 e. The Morgan fingerprint density at radius 1 is 0.857 bits per heavy atom. The minimum atomic E-state index is -3.40. The number of rotatable bonds is 11. The van der Waals surface area contributed by atoms with Gasteiger partial charge in [0.05, 0.1) is 12.3 Å². The summed E-state index contributed by atoms with van der Waals surface area (Å²) in [6.45, 7) is 8.19. The van der Waals surface area contributed by atoms with Crippen molar-refractivity contribution in [1.82, 2.24) is 0 Å². The maximum atomic E-state index is 13.8. The number of benzene rings is 2. The van der Waals surface area contributed by atoms with Crippen LogP contribution in [-0.2, 0) is 18.6 Å². The van der Waals surface area contributed by atoms with Crippen LogP contribution in [0.15, 0.2) is 65.7 Å². The highest BCUT2D eigenvalue weighted by Crippen LogP contribution is 2.60. The highest BCUT2D eigenvalue weighted by Gasteiger charge is 2.48. The quantitative estimate of drug-likeness (QED) is 0.281. The number of hydrogen-bond acceptors (Lipinski definition) is 5. The molecule has 2 aromatic rings. The van der Waals surface area contributed by atoms with Gasteiger partial charge in [-0.1, -0.05) is 60.7 Å². The highest BCUT2D eigenvalue weighted by molar-refractivity contribution is 7.60. The Morgan fingerprint density at radius 3 is 1.71 bits per heavy atom. The first-order valence-corrected chi connectivity index (χ1v) is 11.5. The average molecular weight is 403 g/mol. The van der Waals surface area contributed by atoms with Crippen LogP contribution in [0.25, 0.3) is 0 Å². The van der Waals surface area contributed by atoms with Crippen LogP contribution in [0.2, 0.25) is 0 Å². The Balaban J connectivity index is 2.48. The summed E-state index contributed by atoms with van der Waals surface area (Å²) in [6.07, 6.45) is -0.0313. The molecule has 0 aliphatic rings. The van der Waals surface area contributed by atoms with Crippen molar-refractivity contribution in [2.75, 3.05) is 26.1 Å². The average Bonchev–Trinajstić information content (AvgIpc) is 2.70. The molecule has 152 valence electrons. The van der Waals surface area contributed by atoms with Crippen LogP contribution < -0.4 is 0 Å². The van der Waals surface area contributed by atoms with Crippen molar-refractivity contribution in [2.45, 2.75) is 33.2 Å². The van der Waals surface area contributed by atoms with Crippen LogP contribution in [0.4, 0.5) is 0 Å². The number of hydrogen-bond donors (Lipinski definition) is 0. The molecule has 28 heavy (non-hydrogen) atoms. The van der Waals surface area contributed by atoms with Crippen LogP contribution in [0.1, 0.15) is 38.8 Å². The van der Waals surface area contributed by atoms with Crippen LogP contribution >= 0.6 is 7.37 Å². The van der Waals surface area contributed by atoms with Crippen molar-refractivity contribution < 1.29 is 18.6 Å². The zero-order chi connectivity index (χ0) is 20.5. The summed E-state index contributed by atoms with van der Waals surface area (Å²) >= 11 is 0. The molecule has 0 aliphatic heterocycles. The molecule has 0 aliphatic carbocycles. The van der Waals surface area contributed by atoms with Crippen molar-refractivity contribution in [3.63, 3.8) is 0 Å². The maximum Gasteiger partial charge on any atom is 0.281 e. The standard InChI is InChI=1S/C22H30NO4P/c1-5-25-22(4,26-6-2)28(24,27-7-3)18-23-21(19-14-10-8-11-15-19)20-16-12-9-13-17-20/h8-17H,5-7,18H2,1-4H3. The van der Waals surface area contributed by atoms with Gasteiger partial charge in [0, 0.05) is 24.3 Å². The molecular formula is C22H30NO4P. The third-order valence-electron chi connectivity index (χ3n) is 4.29. The zero-order valence-corrected chi connectivity index (χ0v) is 18.0. The van der Waals surface area contributed by atoms with Crippen molar-refractivity contribution >= 4 is 13.1 Å². The van der Waals surface area contributed by atoms with Gasteiger partial charge in [0.25, 0.3) is 7.37 Å². The SMILES string of the molecule is CCOC(C)(OCC)P(=O)(CN=C(c1ccccc1)c1ccccc1)OCC. The molecule has 0 amide bonds. The second-order valence-corrected chi connectivity index (χ2v) is 8.94. The lowest BCUT2D eigenvalue weighted by Gasteiger charge is -2.35. The molecule has 2 rings (SSSR count). The second-order valence-electron chi connectivity index (χ2n) is 6.24. The van der Waals surface area contributed by atoms with E-state index in [0.717, 1.165) is 16.8 Å². The second kappa shape index (κ2) is 10.7.